The molecule has 0 aliphatic carbocycles. The lowest BCUT2D eigenvalue weighted by atomic mass is 10.2. The highest BCUT2D eigenvalue weighted by atomic mass is 79.9. The van der Waals surface area contributed by atoms with Crippen LogP contribution in [0, 0.1) is 5.82 Å². The van der Waals surface area contributed by atoms with Crippen molar-refractivity contribution in [1.82, 2.24) is 0 Å². The second kappa shape index (κ2) is 2.89. The molecule has 1 aromatic carbocycles. The molecule has 4 heteroatoms. The number of hydrogen-bond acceptors (Lipinski definition) is 1. The fourth-order valence-electron chi connectivity index (χ4n) is 1.36. The Hall–Kier alpha value is -0.280. The maximum atomic E-state index is 13.2. The third-order valence-electron chi connectivity index (χ3n) is 1.95. The molecule has 1 aromatic rings. The number of benzene rings is 1. The van der Waals surface area contributed by atoms with Crippen LogP contribution in [0.1, 0.15) is 5.56 Å². The van der Waals surface area contributed by atoms with Gasteiger partial charge in [-0.2, -0.15) is 0 Å². The van der Waals surface area contributed by atoms with Crippen molar-refractivity contribution in [3.05, 3.63) is 26.9 Å². The van der Waals surface area contributed by atoms with Crippen molar-refractivity contribution in [2.45, 2.75) is 6.42 Å². The van der Waals surface area contributed by atoms with Crippen molar-refractivity contribution in [2.24, 2.45) is 0 Å². The lowest BCUT2D eigenvalue weighted by molar-refractivity contribution is 0.620. The molecule has 1 aliphatic rings. The van der Waals surface area contributed by atoms with Crippen molar-refractivity contribution >= 4 is 33.2 Å². The summed E-state index contributed by atoms with van der Waals surface area (Å²) in [6.07, 6.45) is 0.851. The Labute approximate surface area is 83.0 Å². The summed E-state index contributed by atoms with van der Waals surface area (Å²) in [5.74, 6) is -0.362. The van der Waals surface area contributed by atoms with Gasteiger partial charge in [0.05, 0.1) is 9.50 Å². The SMILES string of the molecule is Fc1c(Cl)cc2c(c1Br)CCN2. The molecular weight excluding hydrogens is 244 g/mol. The van der Waals surface area contributed by atoms with Crippen molar-refractivity contribution in [2.75, 3.05) is 11.9 Å². The van der Waals surface area contributed by atoms with Crippen molar-refractivity contribution < 1.29 is 4.39 Å². The van der Waals surface area contributed by atoms with Crippen molar-refractivity contribution in [3.63, 3.8) is 0 Å². The molecule has 1 aliphatic heterocycles. The average Bonchev–Trinajstić information content (AvgIpc) is 2.48. The second-order valence-electron chi connectivity index (χ2n) is 2.69. The van der Waals surface area contributed by atoms with Gasteiger partial charge in [-0.15, -0.1) is 0 Å². The molecule has 0 unspecified atom stereocenters. The Morgan fingerprint density at radius 1 is 1.58 bits per heavy atom. The van der Waals surface area contributed by atoms with Gasteiger partial charge in [-0.25, -0.2) is 4.39 Å². The van der Waals surface area contributed by atoms with Crippen molar-refractivity contribution in [1.29, 1.82) is 0 Å². The monoisotopic (exact) mass is 249 g/mol. The van der Waals surface area contributed by atoms with Gasteiger partial charge in [-0.1, -0.05) is 11.6 Å². The first-order chi connectivity index (χ1) is 5.70. The summed E-state index contributed by atoms with van der Waals surface area (Å²) in [6.45, 7) is 0.855. The van der Waals surface area contributed by atoms with Crippen LogP contribution in [0.2, 0.25) is 5.02 Å². The highest BCUT2D eigenvalue weighted by molar-refractivity contribution is 9.10. The lowest BCUT2D eigenvalue weighted by Crippen LogP contribution is -1.90. The summed E-state index contributed by atoms with van der Waals surface area (Å²) in [7, 11) is 0. The Bertz CT molecular complexity index is 340. The van der Waals surface area contributed by atoms with Crippen LogP contribution in [0.5, 0.6) is 0 Å². The third-order valence-corrected chi connectivity index (χ3v) is 3.06. The molecule has 0 fully saturated rings. The fourth-order valence-corrected chi connectivity index (χ4v) is 2.30. The minimum absolute atomic E-state index is 0.162. The summed E-state index contributed by atoms with van der Waals surface area (Å²) in [5, 5.41) is 3.29. The van der Waals surface area contributed by atoms with E-state index in [0.29, 0.717) is 4.47 Å². The predicted octanol–water partition coefficient (Wildman–Crippen LogP) is 3.21. The molecule has 0 amide bonds. The summed E-state index contributed by atoms with van der Waals surface area (Å²) >= 11 is 8.84. The van der Waals surface area contributed by atoms with E-state index < -0.39 is 0 Å². The minimum atomic E-state index is -0.362. The average molecular weight is 250 g/mol. The van der Waals surface area contributed by atoms with Crippen molar-refractivity contribution in [3.8, 4) is 0 Å². The Morgan fingerprint density at radius 3 is 3.08 bits per heavy atom. The van der Waals surface area contributed by atoms with Gasteiger partial charge in [0, 0.05) is 12.2 Å². The quantitative estimate of drug-likeness (QED) is 0.697. The molecule has 1 N–H and O–H groups in total. The van der Waals surface area contributed by atoms with Gasteiger partial charge >= 0.3 is 0 Å². The Balaban J connectivity index is 2.67. The molecule has 0 bridgehead atoms. The molecular formula is C8H6BrClFN. The molecule has 0 saturated heterocycles. The van der Waals surface area contributed by atoms with E-state index in [9.17, 15) is 4.39 Å². The Morgan fingerprint density at radius 2 is 2.33 bits per heavy atom. The summed E-state index contributed by atoms with van der Waals surface area (Å²) < 4.78 is 13.7. The zero-order chi connectivity index (χ0) is 8.72. The minimum Gasteiger partial charge on any atom is -0.384 e. The van der Waals surface area contributed by atoms with Crippen LogP contribution in [0.15, 0.2) is 10.5 Å². The largest absolute Gasteiger partial charge is 0.384 e. The van der Waals surface area contributed by atoms with Gasteiger partial charge in [0.25, 0.3) is 0 Å². The van der Waals surface area contributed by atoms with E-state index in [1.807, 2.05) is 0 Å². The zero-order valence-electron chi connectivity index (χ0n) is 6.13. The molecule has 12 heavy (non-hydrogen) atoms. The summed E-state index contributed by atoms with van der Waals surface area (Å²) in [6, 6.07) is 1.63. The number of nitrogens with one attached hydrogen (secondary N) is 1. The Kier molecular flexibility index (Phi) is 2.00. The second-order valence-corrected chi connectivity index (χ2v) is 3.89. The first-order valence-electron chi connectivity index (χ1n) is 3.60. The van der Waals surface area contributed by atoms with Crippen LogP contribution in [0.4, 0.5) is 10.1 Å². The number of hydrogen-bond donors (Lipinski definition) is 1. The van der Waals surface area contributed by atoms with E-state index in [-0.39, 0.29) is 10.8 Å². The summed E-state index contributed by atoms with van der Waals surface area (Å²) in [5.41, 5.74) is 1.92. The van der Waals surface area contributed by atoms with Gasteiger partial charge < -0.3 is 5.32 Å². The van der Waals surface area contributed by atoms with E-state index in [1.54, 1.807) is 6.07 Å². The number of anilines is 1. The standard InChI is InChI=1S/C8H6BrClFN/c9-7-4-1-2-12-6(4)3-5(10)8(7)11/h3,12H,1-2H2. The zero-order valence-corrected chi connectivity index (χ0v) is 8.47. The van der Waals surface area contributed by atoms with Gasteiger partial charge in [0.15, 0.2) is 5.82 Å². The van der Waals surface area contributed by atoms with Crippen LogP contribution in [-0.4, -0.2) is 6.54 Å². The van der Waals surface area contributed by atoms with E-state index in [1.165, 1.54) is 0 Å². The highest BCUT2D eigenvalue weighted by Gasteiger charge is 2.18. The maximum Gasteiger partial charge on any atom is 0.156 e. The molecule has 0 saturated carbocycles. The normalized spacial score (nSPS) is 14.2. The van der Waals surface area contributed by atoms with E-state index in [0.717, 1.165) is 24.2 Å². The number of halogens is 3. The number of fused-ring (bicyclic) bond motifs is 1. The summed E-state index contributed by atoms with van der Waals surface area (Å²) in [4.78, 5) is 0. The topological polar surface area (TPSA) is 12.0 Å². The molecule has 0 radical (unpaired) electrons. The van der Waals surface area contributed by atoms with Gasteiger partial charge in [-0.05, 0) is 34.0 Å². The first kappa shape index (κ1) is 8.32. The first-order valence-corrected chi connectivity index (χ1v) is 4.77. The number of rotatable bonds is 0. The molecule has 64 valence electrons. The smallest absolute Gasteiger partial charge is 0.156 e. The van der Waals surface area contributed by atoms with Crippen LogP contribution in [0.3, 0.4) is 0 Å². The van der Waals surface area contributed by atoms with Crippen LogP contribution < -0.4 is 5.32 Å². The maximum absolute atomic E-state index is 13.2. The molecule has 0 atom stereocenters. The molecule has 2 rings (SSSR count). The molecule has 1 nitrogen and oxygen atoms in total. The molecule has 0 aromatic heterocycles. The fraction of sp³-hybridized carbons (Fsp3) is 0.250. The van der Waals surface area contributed by atoms with E-state index in [4.69, 9.17) is 11.6 Å². The molecule has 0 spiro atoms. The third kappa shape index (κ3) is 1.12. The van der Waals surface area contributed by atoms with Gasteiger partial charge in [0.1, 0.15) is 0 Å². The van der Waals surface area contributed by atoms with E-state index in [2.05, 4.69) is 21.2 Å². The van der Waals surface area contributed by atoms with Gasteiger partial charge in [-0.3, -0.25) is 0 Å². The van der Waals surface area contributed by atoms with Crippen LogP contribution in [-0.2, 0) is 6.42 Å². The van der Waals surface area contributed by atoms with Crippen LogP contribution in [0.25, 0.3) is 0 Å². The predicted molar refractivity (Wildman–Crippen MR) is 51.3 cm³/mol. The lowest BCUT2D eigenvalue weighted by Gasteiger charge is -2.04. The van der Waals surface area contributed by atoms with E-state index >= 15 is 0 Å². The molecule has 1 heterocycles. The van der Waals surface area contributed by atoms with Gasteiger partial charge in [0.2, 0.25) is 0 Å². The van der Waals surface area contributed by atoms with Crippen LogP contribution >= 0.6 is 27.5 Å². The highest BCUT2D eigenvalue weighted by Crippen LogP contribution is 2.35.